The minimum atomic E-state index is -0.319. The molecule has 1 saturated carbocycles. The standard InChI is InChI=1S/C27H27FN2O3S/c28-21-8-10-22(11-9-21)33-18-24-23-13-15-34-25(23)12-14-30(24)26(31)17-29(16-19-6-7-19)27(32)20-4-2-1-3-5-20/h1-5,8-11,13,15,19,24H,6-7,12,14,16-18H2/t24-/m1/s1. The van der Waals surface area contributed by atoms with E-state index in [1.807, 2.05) is 28.5 Å². The van der Waals surface area contributed by atoms with Crippen molar-refractivity contribution in [2.45, 2.75) is 25.3 Å². The van der Waals surface area contributed by atoms with Crippen LogP contribution in [0.5, 0.6) is 5.75 Å². The van der Waals surface area contributed by atoms with Gasteiger partial charge in [-0.15, -0.1) is 11.3 Å². The Hall–Kier alpha value is -3.19. The molecule has 34 heavy (non-hydrogen) atoms. The molecule has 1 fully saturated rings. The molecule has 7 heteroatoms. The lowest BCUT2D eigenvalue weighted by molar-refractivity contribution is -0.135. The Bertz CT molecular complexity index is 1140. The van der Waals surface area contributed by atoms with Gasteiger partial charge in [0.15, 0.2) is 0 Å². The van der Waals surface area contributed by atoms with Crippen LogP contribution >= 0.6 is 11.3 Å². The molecule has 1 aromatic heterocycles. The smallest absolute Gasteiger partial charge is 0.254 e. The van der Waals surface area contributed by atoms with Crippen LogP contribution in [0.4, 0.5) is 4.39 Å². The molecule has 176 valence electrons. The summed E-state index contributed by atoms with van der Waals surface area (Å²) in [5.41, 5.74) is 1.70. The number of thiophene rings is 1. The summed E-state index contributed by atoms with van der Waals surface area (Å²) in [5.74, 6) is 0.539. The summed E-state index contributed by atoms with van der Waals surface area (Å²) in [4.78, 5) is 31.6. The number of ether oxygens (including phenoxy) is 1. The molecule has 5 rings (SSSR count). The van der Waals surface area contributed by atoms with Gasteiger partial charge in [0, 0.05) is 23.5 Å². The van der Waals surface area contributed by atoms with Gasteiger partial charge in [0.05, 0.1) is 6.04 Å². The third-order valence-electron chi connectivity index (χ3n) is 6.45. The lowest BCUT2D eigenvalue weighted by Gasteiger charge is -2.37. The highest BCUT2D eigenvalue weighted by Crippen LogP contribution is 2.35. The number of rotatable bonds is 8. The van der Waals surface area contributed by atoms with E-state index in [2.05, 4.69) is 6.07 Å². The number of hydrogen-bond donors (Lipinski definition) is 0. The van der Waals surface area contributed by atoms with Gasteiger partial charge in [0.1, 0.15) is 24.7 Å². The summed E-state index contributed by atoms with van der Waals surface area (Å²) in [6.07, 6.45) is 2.99. The topological polar surface area (TPSA) is 49.9 Å². The lowest BCUT2D eigenvalue weighted by Crippen LogP contribution is -2.48. The average Bonchev–Trinajstić information content (AvgIpc) is 3.55. The van der Waals surface area contributed by atoms with Crippen molar-refractivity contribution in [1.82, 2.24) is 9.80 Å². The SMILES string of the molecule is O=C(c1ccccc1)N(CC(=O)N1CCc2sccc2[C@H]1COc1ccc(F)cc1)CC1CC1. The second-order valence-corrected chi connectivity index (χ2v) is 9.91. The maximum absolute atomic E-state index is 13.6. The number of hydrogen-bond acceptors (Lipinski definition) is 4. The molecule has 2 aromatic carbocycles. The molecule has 0 unspecified atom stereocenters. The van der Waals surface area contributed by atoms with E-state index in [9.17, 15) is 14.0 Å². The Labute approximate surface area is 202 Å². The Kier molecular flexibility index (Phi) is 6.63. The molecule has 2 aliphatic rings. The van der Waals surface area contributed by atoms with Crippen molar-refractivity contribution in [3.05, 3.63) is 87.9 Å². The molecule has 0 N–H and O–H groups in total. The number of carbonyl (C=O) groups excluding carboxylic acids is 2. The first-order chi connectivity index (χ1) is 16.6. The summed E-state index contributed by atoms with van der Waals surface area (Å²) in [6.45, 7) is 1.52. The average molecular weight is 479 g/mol. The maximum Gasteiger partial charge on any atom is 0.254 e. The summed E-state index contributed by atoms with van der Waals surface area (Å²) >= 11 is 1.69. The fraction of sp³-hybridized carbons (Fsp3) is 0.333. The summed E-state index contributed by atoms with van der Waals surface area (Å²) < 4.78 is 19.2. The van der Waals surface area contributed by atoms with E-state index >= 15 is 0 Å². The van der Waals surface area contributed by atoms with Crippen molar-refractivity contribution < 1.29 is 18.7 Å². The molecule has 2 heterocycles. The molecule has 0 bridgehead atoms. The molecule has 1 atom stereocenters. The molecule has 2 amide bonds. The van der Waals surface area contributed by atoms with Crippen LogP contribution in [0.15, 0.2) is 66.0 Å². The number of amides is 2. The first-order valence-electron chi connectivity index (χ1n) is 11.7. The molecule has 0 spiro atoms. The van der Waals surface area contributed by atoms with E-state index < -0.39 is 0 Å². The van der Waals surface area contributed by atoms with Gasteiger partial charge in [-0.25, -0.2) is 4.39 Å². The lowest BCUT2D eigenvalue weighted by atomic mass is 10.0. The highest BCUT2D eigenvalue weighted by molar-refractivity contribution is 7.10. The van der Waals surface area contributed by atoms with Crippen LogP contribution in [0, 0.1) is 11.7 Å². The molecule has 0 saturated heterocycles. The minimum Gasteiger partial charge on any atom is -0.491 e. The Morgan fingerprint density at radius 3 is 2.56 bits per heavy atom. The first kappa shape index (κ1) is 22.6. The van der Waals surface area contributed by atoms with Crippen molar-refractivity contribution in [1.29, 1.82) is 0 Å². The van der Waals surface area contributed by atoms with Gasteiger partial charge >= 0.3 is 0 Å². The van der Waals surface area contributed by atoms with E-state index in [-0.39, 0.29) is 36.8 Å². The molecule has 3 aromatic rings. The van der Waals surface area contributed by atoms with Crippen molar-refractivity contribution in [2.24, 2.45) is 5.92 Å². The zero-order valence-corrected chi connectivity index (χ0v) is 19.7. The van der Waals surface area contributed by atoms with E-state index in [1.54, 1.807) is 40.5 Å². The van der Waals surface area contributed by atoms with E-state index in [0.717, 1.165) is 24.8 Å². The van der Waals surface area contributed by atoms with Crippen LogP contribution in [-0.4, -0.2) is 47.9 Å². The normalized spacial score (nSPS) is 17.2. The van der Waals surface area contributed by atoms with Crippen molar-refractivity contribution in [2.75, 3.05) is 26.2 Å². The van der Waals surface area contributed by atoms with E-state index in [0.29, 0.717) is 30.3 Å². The number of nitrogens with zero attached hydrogens (tertiary/aromatic N) is 2. The highest BCUT2D eigenvalue weighted by atomic mass is 32.1. The predicted molar refractivity (Wildman–Crippen MR) is 129 cm³/mol. The number of carbonyl (C=O) groups is 2. The van der Waals surface area contributed by atoms with Crippen molar-refractivity contribution >= 4 is 23.2 Å². The molecule has 5 nitrogen and oxygen atoms in total. The van der Waals surface area contributed by atoms with Crippen LogP contribution in [0.2, 0.25) is 0 Å². The van der Waals surface area contributed by atoms with Gasteiger partial charge in [-0.1, -0.05) is 18.2 Å². The Balaban J connectivity index is 1.33. The highest BCUT2D eigenvalue weighted by Gasteiger charge is 2.35. The van der Waals surface area contributed by atoms with Crippen molar-refractivity contribution in [3.8, 4) is 5.75 Å². The van der Waals surface area contributed by atoms with Crippen LogP contribution in [0.1, 0.15) is 39.7 Å². The third-order valence-corrected chi connectivity index (χ3v) is 7.44. The van der Waals surface area contributed by atoms with Gasteiger partial charge in [-0.2, -0.15) is 0 Å². The molecular formula is C27H27FN2O3S. The van der Waals surface area contributed by atoms with E-state index in [1.165, 1.54) is 17.0 Å². The van der Waals surface area contributed by atoms with Gasteiger partial charge in [-0.05, 0) is 78.6 Å². The second-order valence-electron chi connectivity index (χ2n) is 8.91. The predicted octanol–water partition coefficient (Wildman–Crippen LogP) is 4.94. The van der Waals surface area contributed by atoms with Gasteiger partial charge < -0.3 is 14.5 Å². The zero-order valence-electron chi connectivity index (χ0n) is 18.9. The molecule has 0 radical (unpaired) electrons. The number of benzene rings is 2. The van der Waals surface area contributed by atoms with Gasteiger partial charge in [0.25, 0.3) is 5.91 Å². The Morgan fingerprint density at radius 1 is 1.06 bits per heavy atom. The zero-order chi connectivity index (χ0) is 23.5. The second kappa shape index (κ2) is 9.97. The first-order valence-corrected chi connectivity index (χ1v) is 12.5. The largest absolute Gasteiger partial charge is 0.491 e. The minimum absolute atomic E-state index is 0.0523. The fourth-order valence-corrected chi connectivity index (χ4v) is 5.36. The van der Waals surface area contributed by atoms with Crippen LogP contribution in [0.3, 0.4) is 0 Å². The van der Waals surface area contributed by atoms with E-state index in [4.69, 9.17) is 4.74 Å². The quantitative estimate of drug-likeness (QED) is 0.461. The van der Waals surface area contributed by atoms with Crippen LogP contribution in [0.25, 0.3) is 0 Å². The monoisotopic (exact) mass is 478 g/mol. The number of fused-ring (bicyclic) bond motifs is 1. The summed E-state index contributed by atoms with van der Waals surface area (Å²) in [5, 5.41) is 2.04. The Morgan fingerprint density at radius 2 is 1.82 bits per heavy atom. The fourth-order valence-electron chi connectivity index (χ4n) is 4.43. The van der Waals surface area contributed by atoms with Crippen LogP contribution in [-0.2, 0) is 11.2 Å². The molecular weight excluding hydrogens is 451 g/mol. The molecule has 1 aliphatic heterocycles. The summed E-state index contributed by atoms with van der Waals surface area (Å²) in [7, 11) is 0. The van der Waals surface area contributed by atoms with Crippen LogP contribution < -0.4 is 4.74 Å². The maximum atomic E-state index is 13.6. The van der Waals surface area contributed by atoms with Gasteiger partial charge in [-0.3, -0.25) is 9.59 Å². The van der Waals surface area contributed by atoms with Crippen molar-refractivity contribution in [3.63, 3.8) is 0 Å². The summed E-state index contributed by atoms with van der Waals surface area (Å²) in [6, 6.07) is 16.9. The third kappa shape index (κ3) is 5.14. The van der Waals surface area contributed by atoms with Gasteiger partial charge in [0.2, 0.25) is 5.91 Å². The number of halogens is 1. The molecule has 1 aliphatic carbocycles.